The molecule has 0 bridgehead atoms. The summed E-state index contributed by atoms with van der Waals surface area (Å²) in [7, 11) is 0. The maximum atomic E-state index is 13.1. The van der Waals surface area contributed by atoms with E-state index in [1.54, 1.807) is 46.0 Å². The fourth-order valence-corrected chi connectivity index (χ4v) is 3.50. The lowest BCUT2D eigenvalue weighted by molar-refractivity contribution is 0.627. The number of nitriles is 1. The quantitative estimate of drug-likeness (QED) is 0.675. The van der Waals surface area contributed by atoms with Gasteiger partial charge in [-0.2, -0.15) is 10.4 Å². The molecule has 0 N–H and O–H groups in total. The Morgan fingerprint density at radius 1 is 1.24 bits per heavy atom. The van der Waals surface area contributed by atoms with Crippen LogP contribution < -0.4 is 0 Å². The molecular formula is C15H10FN3S2. The van der Waals surface area contributed by atoms with E-state index in [1.165, 1.54) is 16.3 Å². The lowest BCUT2D eigenvalue weighted by atomic mass is 10.3. The molecule has 3 nitrogen and oxygen atoms in total. The van der Waals surface area contributed by atoms with Gasteiger partial charge in [0.05, 0.1) is 20.5 Å². The second kappa shape index (κ2) is 5.72. The molecule has 2 heterocycles. The summed E-state index contributed by atoms with van der Waals surface area (Å²) in [5.41, 5.74) is 1.91. The van der Waals surface area contributed by atoms with Crippen molar-refractivity contribution in [2.75, 3.05) is 6.26 Å². The minimum Gasteiger partial charge on any atom is -0.231 e. The van der Waals surface area contributed by atoms with Gasteiger partial charge in [0.25, 0.3) is 0 Å². The van der Waals surface area contributed by atoms with E-state index in [2.05, 4.69) is 11.2 Å². The third-order valence-corrected chi connectivity index (χ3v) is 5.12. The normalized spacial score (nSPS) is 10.5. The highest BCUT2D eigenvalue weighted by molar-refractivity contribution is 8.00. The Hall–Kier alpha value is -2.10. The summed E-state index contributed by atoms with van der Waals surface area (Å²) in [5.74, 6) is -0.297. The molecule has 3 aromatic rings. The molecule has 0 atom stereocenters. The maximum absolute atomic E-state index is 13.1. The molecule has 0 amide bonds. The van der Waals surface area contributed by atoms with Gasteiger partial charge in [-0.15, -0.1) is 23.1 Å². The predicted octanol–water partition coefficient (Wildman–Crippen LogP) is 4.33. The molecule has 0 saturated heterocycles. The van der Waals surface area contributed by atoms with Crippen LogP contribution in [0.5, 0.6) is 0 Å². The van der Waals surface area contributed by atoms with Gasteiger partial charge in [-0.1, -0.05) is 0 Å². The smallest absolute Gasteiger partial charge is 0.163 e. The van der Waals surface area contributed by atoms with E-state index in [9.17, 15) is 4.39 Å². The van der Waals surface area contributed by atoms with Gasteiger partial charge in [0.1, 0.15) is 11.9 Å². The minimum absolute atomic E-state index is 0.297. The molecule has 0 aliphatic carbocycles. The number of nitrogens with zero attached hydrogens (tertiary/aromatic N) is 3. The summed E-state index contributed by atoms with van der Waals surface area (Å²) in [6.07, 6.45) is 2.02. The molecule has 0 unspecified atom stereocenters. The summed E-state index contributed by atoms with van der Waals surface area (Å²) in [6.45, 7) is 0. The Bertz CT molecular complexity index is 812. The van der Waals surface area contributed by atoms with Crippen LogP contribution in [0.15, 0.2) is 46.7 Å². The van der Waals surface area contributed by atoms with Crippen molar-refractivity contribution in [2.24, 2.45) is 0 Å². The van der Waals surface area contributed by atoms with E-state index in [0.717, 1.165) is 16.3 Å². The Labute approximate surface area is 129 Å². The van der Waals surface area contributed by atoms with Crippen LogP contribution in [0, 0.1) is 17.1 Å². The van der Waals surface area contributed by atoms with E-state index in [4.69, 9.17) is 5.26 Å². The van der Waals surface area contributed by atoms with Gasteiger partial charge in [0.2, 0.25) is 0 Å². The largest absolute Gasteiger partial charge is 0.231 e. The Morgan fingerprint density at radius 2 is 2.00 bits per heavy atom. The first-order valence-corrected chi connectivity index (χ1v) is 8.15. The van der Waals surface area contributed by atoms with Gasteiger partial charge < -0.3 is 0 Å². The fraction of sp³-hybridized carbons (Fsp3) is 0.0667. The van der Waals surface area contributed by atoms with Crippen LogP contribution in [0.25, 0.3) is 16.3 Å². The highest BCUT2D eigenvalue weighted by Gasteiger charge is 2.13. The summed E-state index contributed by atoms with van der Waals surface area (Å²) in [4.78, 5) is 1.03. The molecule has 6 heteroatoms. The van der Waals surface area contributed by atoms with Crippen LogP contribution in [-0.2, 0) is 0 Å². The monoisotopic (exact) mass is 315 g/mol. The highest BCUT2D eigenvalue weighted by atomic mass is 32.2. The summed E-state index contributed by atoms with van der Waals surface area (Å²) < 4.78 is 15.9. The number of rotatable bonds is 3. The lowest BCUT2D eigenvalue weighted by Gasteiger charge is -2.05. The van der Waals surface area contributed by atoms with Crippen molar-refractivity contribution in [2.45, 2.75) is 4.21 Å². The summed E-state index contributed by atoms with van der Waals surface area (Å²) >= 11 is 3.32. The highest BCUT2D eigenvalue weighted by Crippen LogP contribution is 2.34. The van der Waals surface area contributed by atoms with Gasteiger partial charge in [0.15, 0.2) is 5.69 Å². The average Bonchev–Trinajstić information content (AvgIpc) is 3.14. The Morgan fingerprint density at radius 3 is 2.62 bits per heavy atom. The third kappa shape index (κ3) is 2.71. The van der Waals surface area contributed by atoms with Gasteiger partial charge >= 0.3 is 0 Å². The van der Waals surface area contributed by atoms with Gasteiger partial charge in [-0.3, -0.25) is 0 Å². The zero-order valence-corrected chi connectivity index (χ0v) is 12.7. The third-order valence-electron chi connectivity index (χ3n) is 2.93. The molecule has 104 valence electrons. The van der Waals surface area contributed by atoms with E-state index < -0.39 is 0 Å². The SMILES string of the molecule is CSc1ccc(-c2cc(C#N)nn2-c2ccc(F)cc2)s1. The van der Waals surface area contributed by atoms with Gasteiger partial charge in [-0.05, 0) is 42.7 Å². The molecule has 0 spiro atoms. The molecule has 0 radical (unpaired) electrons. The van der Waals surface area contributed by atoms with Gasteiger partial charge in [-0.25, -0.2) is 9.07 Å². The van der Waals surface area contributed by atoms with Crippen molar-refractivity contribution in [1.82, 2.24) is 9.78 Å². The Kier molecular flexibility index (Phi) is 3.78. The zero-order valence-electron chi connectivity index (χ0n) is 11.1. The molecule has 3 rings (SSSR count). The van der Waals surface area contributed by atoms with Crippen LogP contribution in [0.3, 0.4) is 0 Å². The van der Waals surface area contributed by atoms with Crippen LogP contribution in [-0.4, -0.2) is 16.0 Å². The van der Waals surface area contributed by atoms with Crippen molar-refractivity contribution in [3.05, 3.63) is 54.0 Å². The van der Waals surface area contributed by atoms with Crippen molar-refractivity contribution >= 4 is 23.1 Å². The van der Waals surface area contributed by atoms with E-state index in [0.29, 0.717) is 5.69 Å². The number of aromatic nitrogens is 2. The van der Waals surface area contributed by atoms with Crippen molar-refractivity contribution in [1.29, 1.82) is 5.26 Å². The number of halogens is 1. The summed E-state index contributed by atoms with van der Waals surface area (Å²) in [6, 6.07) is 13.9. The van der Waals surface area contributed by atoms with Crippen LogP contribution in [0.2, 0.25) is 0 Å². The molecule has 2 aromatic heterocycles. The number of hydrogen-bond acceptors (Lipinski definition) is 4. The molecule has 0 aliphatic heterocycles. The molecule has 21 heavy (non-hydrogen) atoms. The van der Waals surface area contributed by atoms with E-state index >= 15 is 0 Å². The molecule has 0 fully saturated rings. The van der Waals surface area contributed by atoms with Crippen LogP contribution in [0.4, 0.5) is 4.39 Å². The molecule has 0 aliphatic rings. The van der Waals surface area contributed by atoms with Crippen molar-refractivity contribution < 1.29 is 4.39 Å². The maximum Gasteiger partial charge on any atom is 0.163 e. The zero-order chi connectivity index (χ0) is 14.8. The lowest BCUT2D eigenvalue weighted by Crippen LogP contribution is -1.98. The van der Waals surface area contributed by atoms with Crippen molar-refractivity contribution in [3.8, 4) is 22.3 Å². The predicted molar refractivity (Wildman–Crippen MR) is 83.3 cm³/mol. The second-order valence-electron chi connectivity index (χ2n) is 4.24. The van der Waals surface area contributed by atoms with Crippen LogP contribution >= 0.6 is 23.1 Å². The van der Waals surface area contributed by atoms with Crippen LogP contribution in [0.1, 0.15) is 5.69 Å². The van der Waals surface area contributed by atoms with Gasteiger partial charge in [0, 0.05) is 6.07 Å². The minimum atomic E-state index is -0.297. The molecule has 1 aromatic carbocycles. The van der Waals surface area contributed by atoms with E-state index in [-0.39, 0.29) is 5.82 Å². The number of benzene rings is 1. The first-order valence-electron chi connectivity index (χ1n) is 6.11. The Balaban J connectivity index is 2.14. The number of hydrogen-bond donors (Lipinski definition) is 0. The number of thioether (sulfide) groups is 1. The topological polar surface area (TPSA) is 41.6 Å². The first-order chi connectivity index (χ1) is 10.2. The standard InChI is InChI=1S/C15H10FN3S2/c1-20-15-7-6-14(21-15)13-8-11(9-17)18-19(13)12-4-2-10(16)3-5-12/h2-8H,1H3. The molecular weight excluding hydrogens is 305 g/mol. The second-order valence-corrected chi connectivity index (χ2v) is 6.43. The summed E-state index contributed by atoms with van der Waals surface area (Å²) in [5, 5.41) is 13.4. The fourth-order valence-electron chi connectivity index (χ4n) is 1.96. The first kappa shape index (κ1) is 13.9. The van der Waals surface area contributed by atoms with E-state index in [1.807, 2.05) is 18.4 Å². The molecule has 0 saturated carbocycles. The van der Waals surface area contributed by atoms with Crippen molar-refractivity contribution in [3.63, 3.8) is 0 Å². The average molecular weight is 315 g/mol. The number of thiophene rings is 1.